The van der Waals surface area contributed by atoms with Crippen molar-refractivity contribution in [1.29, 1.82) is 0 Å². The van der Waals surface area contributed by atoms with Crippen LogP contribution in [-0.4, -0.2) is 41.2 Å². The van der Waals surface area contributed by atoms with Crippen LogP contribution in [0.4, 0.5) is 0 Å². The number of likely N-dealkylation sites (tertiary alicyclic amines) is 1. The van der Waals surface area contributed by atoms with Gasteiger partial charge in [0.15, 0.2) is 0 Å². The molecule has 1 N–H and O–H groups in total. The highest BCUT2D eigenvalue weighted by Gasteiger charge is 2.40. The molecule has 0 bridgehead atoms. The molecule has 1 saturated carbocycles. The number of hydrogen-bond acceptors (Lipinski definition) is 3. The molecule has 1 heterocycles. The van der Waals surface area contributed by atoms with Gasteiger partial charge in [-0.1, -0.05) is 66.7 Å². The van der Waals surface area contributed by atoms with Crippen LogP contribution in [0.3, 0.4) is 0 Å². The first-order chi connectivity index (χ1) is 16.2. The number of carboxylic acids is 1. The molecule has 0 radical (unpaired) electrons. The van der Waals surface area contributed by atoms with E-state index in [-0.39, 0.29) is 6.42 Å². The number of aliphatic carboxylic acids is 1. The van der Waals surface area contributed by atoms with E-state index in [0.29, 0.717) is 31.1 Å². The van der Waals surface area contributed by atoms with E-state index in [1.807, 2.05) is 12.1 Å². The average Bonchev–Trinajstić information content (AvgIpc) is 3.51. The topological polar surface area (TPSA) is 49.8 Å². The Morgan fingerprint density at radius 2 is 1.64 bits per heavy atom. The Morgan fingerprint density at radius 3 is 2.36 bits per heavy atom. The van der Waals surface area contributed by atoms with Crippen molar-refractivity contribution in [2.75, 3.05) is 13.1 Å². The van der Waals surface area contributed by atoms with Gasteiger partial charge in [0.2, 0.25) is 0 Å². The Morgan fingerprint density at radius 1 is 0.939 bits per heavy atom. The summed E-state index contributed by atoms with van der Waals surface area (Å²) in [6, 6.07) is 19.9. The molecule has 1 saturated heterocycles. The van der Waals surface area contributed by atoms with E-state index < -0.39 is 5.97 Å². The lowest BCUT2D eigenvalue weighted by Gasteiger charge is -2.31. The first kappa shape index (κ1) is 23.7. The van der Waals surface area contributed by atoms with E-state index in [2.05, 4.69) is 59.5 Å². The number of ether oxygens (including phenoxy) is 1. The molecule has 2 aliphatic rings. The fourth-order valence-corrected chi connectivity index (χ4v) is 5.48. The molecule has 0 unspecified atom stereocenters. The van der Waals surface area contributed by atoms with Crippen LogP contribution < -0.4 is 0 Å². The van der Waals surface area contributed by atoms with Crippen molar-refractivity contribution in [2.45, 2.75) is 70.1 Å². The molecular weight excluding hydrogens is 410 g/mol. The van der Waals surface area contributed by atoms with Gasteiger partial charge in [-0.25, -0.2) is 0 Å². The van der Waals surface area contributed by atoms with Gasteiger partial charge in [0.1, 0.15) is 0 Å². The molecule has 3 atom stereocenters. The molecule has 176 valence electrons. The Labute approximate surface area is 198 Å². The SMILES string of the molecule is O=C(O)CCC=CCC[C@H]1[C@@H](OCc2ccc(-c3ccccc3)cc2)CC[C@@H]1N1CCCC1. The molecule has 0 aromatic heterocycles. The van der Waals surface area contributed by atoms with Crippen molar-refractivity contribution < 1.29 is 14.6 Å². The van der Waals surface area contributed by atoms with Gasteiger partial charge in [-0.3, -0.25) is 4.79 Å². The zero-order valence-corrected chi connectivity index (χ0v) is 19.6. The third kappa shape index (κ3) is 6.78. The third-order valence-corrected chi connectivity index (χ3v) is 7.21. The van der Waals surface area contributed by atoms with Gasteiger partial charge in [-0.15, -0.1) is 0 Å². The van der Waals surface area contributed by atoms with Gasteiger partial charge in [0, 0.05) is 18.4 Å². The smallest absolute Gasteiger partial charge is 0.303 e. The fourth-order valence-electron chi connectivity index (χ4n) is 5.48. The number of hydrogen-bond donors (Lipinski definition) is 1. The Kier molecular flexibility index (Phi) is 8.73. The molecule has 4 heteroatoms. The predicted octanol–water partition coefficient (Wildman–Crippen LogP) is 6.31. The summed E-state index contributed by atoms with van der Waals surface area (Å²) < 4.78 is 6.52. The minimum absolute atomic E-state index is 0.213. The van der Waals surface area contributed by atoms with Crippen LogP contribution in [0.15, 0.2) is 66.7 Å². The standard InChI is InChI=1S/C29H37NO3/c31-29(32)13-7-2-1-6-12-26-27(30-20-8-9-21-30)18-19-28(26)33-22-23-14-16-25(17-15-23)24-10-4-3-5-11-24/h1-5,10-11,14-17,26-28H,6-9,12-13,18-22H2,(H,31,32)/t26-,27+,28+/m1/s1. The summed E-state index contributed by atoms with van der Waals surface area (Å²) in [5.74, 6) is -0.175. The van der Waals surface area contributed by atoms with Crippen molar-refractivity contribution in [3.63, 3.8) is 0 Å². The molecule has 0 spiro atoms. The molecule has 1 aliphatic carbocycles. The molecule has 2 aromatic rings. The van der Waals surface area contributed by atoms with E-state index in [0.717, 1.165) is 19.3 Å². The molecule has 0 amide bonds. The van der Waals surface area contributed by atoms with Crippen LogP contribution in [0, 0.1) is 5.92 Å². The van der Waals surface area contributed by atoms with Crippen molar-refractivity contribution in [2.24, 2.45) is 5.92 Å². The number of allylic oxidation sites excluding steroid dienone is 2. The number of nitrogens with zero attached hydrogens (tertiary/aromatic N) is 1. The average molecular weight is 448 g/mol. The Balaban J connectivity index is 1.33. The van der Waals surface area contributed by atoms with Crippen LogP contribution in [0.25, 0.3) is 11.1 Å². The first-order valence-electron chi connectivity index (χ1n) is 12.6. The number of rotatable bonds is 11. The highest BCUT2D eigenvalue weighted by atomic mass is 16.5. The van der Waals surface area contributed by atoms with E-state index in [1.165, 1.54) is 49.0 Å². The first-order valence-corrected chi connectivity index (χ1v) is 12.6. The largest absolute Gasteiger partial charge is 0.481 e. The second-order valence-corrected chi connectivity index (χ2v) is 9.45. The van der Waals surface area contributed by atoms with E-state index in [9.17, 15) is 4.79 Å². The zero-order valence-electron chi connectivity index (χ0n) is 19.6. The van der Waals surface area contributed by atoms with Gasteiger partial charge in [0.05, 0.1) is 12.7 Å². The Hall–Kier alpha value is -2.43. The molecule has 33 heavy (non-hydrogen) atoms. The lowest BCUT2D eigenvalue weighted by Crippen LogP contribution is -2.38. The minimum Gasteiger partial charge on any atom is -0.481 e. The van der Waals surface area contributed by atoms with Crippen LogP contribution in [0.1, 0.15) is 56.9 Å². The summed E-state index contributed by atoms with van der Waals surface area (Å²) in [6.07, 6.45) is 12.4. The third-order valence-electron chi connectivity index (χ3n) is 7.21. The van der Waals surface area contributed by atoms with Crippen LogP contribution in [0.2, 0.25) is 0 Å². The molecule has 1 aliphatic heterocycles. The molecule has 4 rings (SSSR count). The molecule has 4 nitrogen and oxygen atoms in total. The Bertz CT molecular complexity index is 887. The summed E-state index contributed by atoms with van der Waals surface area (Å²) in [6.45, 7) is 3.12. The molecular formula is C29H37NO3. The monoisotopic (exact) mass is 447 g/mol. The lowest BCUT2D eigenvalue weighted by molar-refractivity contribution is -0.136. The van der Waals surface area contributed by atoms with Crippen LogP contribution >= 0.6 is 0 Å². The minimum atomic E-state index is -0.727. The second-order valence-electron chi connectivity index (χ2n) is 9.45. The van der Waals surface area contributed by atoms with Gasteiger partial charge < -0.3 is 14.7 Å². The van der Waals surface area contributed by atoms with E-state index in [4.69, 9.17) is 9.84 Å². The lowest BCUT2D eigenvalue weighted by atomic mass is 9.94. The number of carbonyl (C=O) groups is 1. The quantitative estimate of drug-likeness (QED) is 0.410. The highest BCUT2D eigenvalue weighted by molar-refractivity contribution is 5.66. The summed E-state index contributed by atoms with van der Waals surface area (Å²) in [5.41, 5.74) is 3.71. The normalized spacial score (nSPS) is 23.5. The van der Waals surface area contributed by atoms with Crippen LogP contribution in [0.5, 0.6) is 0 Å². The van der Waals surface area contributed by atoms with E-state index in [1.54, 1.807) is 0 Å². The van der Waals surface area contributed by atoms with Crippen molar-refractivity contribution in [3.05, 3.63) is 72.3 Å². The summed E-state index contributed by atoms with van der Waals surface area (Å²) in [5, 5.41) is 8.80. The molecule has 2 aromatic carbocycles. The zero-order chi connectivity index (χ0) is 22.9. The number of carboxylic acid groups (broad SMARTS) is 1. The summed E-state index contributed by atoms with van der Waals surface area (Å²) >= 11 is 0. The van der Waals surface area contributed by atoms with E-state index >= 15 is 0 Å². The van der Waals surface area contributed by atoms with Gasteiger partial charge in [-0.2, -0.15) is 0 Å². The maximum atomic E-state index is 10.7. The van der Waals surface area contributed by atoms with Crippen molar-refractivity contribution >= 4 is 5.97 Å². The highest BCUT2D eigenvalue weighted by Crippen LogP contribution is 2.37. The summed E-state index contributed by atoms with van der Waals surface area (Å²) in [7, 11) is 0. The molecule has 2 fully saturated rings. The van der Waals surface area contributed by atoms with Crippen molar-refractivity contribution in [3.8, 4) is 11.1 Å². The second kappa shape index (κ2) is 12.2. The van der Waals surface area contributed by atoms with Crippen molar-refractivity contribution in [1.82, 2.24) is 4.90 Å². The maximum absolute atomic E-state index is 10.7. The van der Waals surface area contributed by atoms with Gasteiger partial charge in [0.25, 0.3) is 0 Å². The predicted molar refractivity (Wildman–Crippen MR) is 133 cm³/mol. The van der Waals surface area contributed by atoms with Gasteiger partial charge in [-0.05, 0) is 74.7 Å². The number of benzene rings is 2. The maximum Gasteiger partial charge on any atom is 0.303 e. The van der Waals surface area contributed by atoms with Gasteiger partial charge >= 0.3 is 5.97 Å². The van der Waals surface area contributed by atoms with Crippen LogP contribution in [-0.2, 0) is 16.1 Å². The summed E-state index contributed by atoms with van der Waals surface area (Å²) in [4.78, 5) is 13.4. The fraction of sp³-hybridized carbons (Fsp3) is 0.483.